The van der Waals surface area contributed by atoms with E-state index in [0.717, 1.165) is 25.2 Å². The SMILES string of the molecule is CCCOC(=O)c1cc(NC(=O)C(C)(C)C)ccc1N1CCOCC1. The Labute approximate surface area is 149 Å². The first kappa shape index (κ1) is 19.2. The number of ether oxygens (including phenoxy) is 2. The highest BCUT2D eigenvalue weighted by Crippen LogP contribution is 2.27. The second-order valence-electron chi connectivity index (χ2n) is 7.17. The number of hydrogen-bond acceptors (Lipinski definition) is 5. The molecule has 0 unspecified atom stereocenters. The maximum absolute atomic E-state index is 12.5. The topological polar surface area (TPSA) is 67.9 Å². The van der Waals surface area contributed by atoms with Crippen LogP contribution in [0, 0.1) is 5.41 Å². The van der Waals surface area contributed by atoms with Crippen LogP contribution in [0.4, 0.5) is 11.4 Å². The molecule has 1 saturated heterocycles. The van der Waals surface area contributed by atoms with Crippen LogP contribution in [0.3, 0.4) is 0 Å². The van der Waals surface area contributed by atoms with E-state index in [4.69, 9.17) is 9.47 Å². The van der Waals surface area contributed by atoms with Crippen molar-refractivity contribution in [2.45, 2.75) is 34.1 Å². The van der Waals surface area contributed by atoms with E-state index in [2.05, 4.69) is 10.2 Å². The Morgan fingerprint density at radius 1 is 1.24 bits per heavy atom. The Morgan fingerprint density at radius 3 is 2.52 bits per heavy atom. The van der Waals surface area contributed by atoms with Gasteiger partial charge >= 0.3 is 5.97 Å². The van der Waals surface area contributed by atoms with Crippen LogP contribution in [0.15, 0.2) is 18.2 Å². The summed E-state index contributed by atoms with van der Waals surface area (Å²) < 4.78 is 10.7. The number of hydrogen-bond donors (Lipinski definition) is 1. The molecule has 25 heavy (non-hydrogen) atoms. The summed E-state index contributed by atoms with van der Waals surface area (Å²) in [5.74, 6) is -0.463. The number of carbonyl (C=O) groups is 2. The quantitative estimate of drug-likeness (QED) is 0.828. The number of morpholine rings is 1. The Kier molecular flexibility index (Phi) is 6.42. The summed E-state index contributed by atoms with van der Waals surface area (Å²) in [6.45, 7) is 10.6. The maximum Gasteiger partial charge on any atom is 0.340 e. The number of esters is 1. The van der Waals surface area contributed by atoms with Gasteiger partial charge in [-0.2, -0.15) is 0 Å². The highest BCUT2D eigenvalue weighted by molar-refractivity contribution is 6.00. The summed E-state index contributed by atoms with van der Waals surface area (Å²) in [6, 6.07) is 5.39. The van der Waals surface area contributed by atoms with Crippen LogP contribution < -0.4 is 10.2 Å². The van der Waals surface area contributed by atoms with Gasteiger partial charge in [0.2, 0.25) is 5.91 Å². The molecule has 0 spiro atoms. The Hall–Kier alpha value is -2.08. The molecule has 1 aromatic rings. The molecule has 6 heteroatoms. The summed E-state index contributed by atoms with van der Waals surface area (Å²) in [5.41, 5.74) is 1.38. The van der Waals surface area contributed by atoms with Gasteiger partial charge in [0.15, 0.2) is 0 Å². The highest BCUT2D eigenvalue weighted by atomic mass is 16.5. The Morgan fingerprint density at radius 2 is 1.92 bits per heavy atom. The van der Waals surface area contributed by atoms with Gasteiger partial charge in [0.05, 0.1) is 31.1 Å². The van der Waals surface area contributed by atoms with E-state index in [1.54, 1.807) is 6.07 Å². The molecular weight excluding hydrogens is 320 g/mol. The molecule has 0 aromatic heterocycles. The average Bonchev–Trinajstić information content (AvgIpc) is 2.59. The predicted octanol–water partition coefficient (Wildman–Crippen LogP) is 3.07. The molecule has 0 atom stereocenters. The third-order valence-corrected chi connectivity index (χ3v) is 3.94. The van der Waals surface area contributed by atoms with Gasteiger partial charge in [-0.05, 0) is 24.6 Å². The number of carbonyl (C=O) groups excluding carboxylic acids is 2. The van der Waals surface area contributed by atoms with E-state index < -0.39 is 5.41 Å². The standard InChI is InChI=1S/C19H28N2O4/c1-5-10-25-17(22)15-13-14(20-18(23)19(2,3)4)6-7-16(15)21-8-11-24-12-9-21/h6-7,13H,5,8-12H2,1-4H3,(H,20,23). The molecule has 1 N–H and O–H groups in total. The van der Waals surface area contributed by atoms with Crippen LogP contribution in [-0.2, 0) is 14.3 Å². The van der Waals surface area contributed by atoms with Crippen molar-refractivity contribution >= 4 is 23.3 Å². The number of amides is 1. The third-order valence-electron chi connectivity index (χ3n) is 3.94. The fraction of sp³-hybridized carbons (Fsp3) is 0.579. The molecule has 0 aliphatic carbocycles. The molecule has 0 bridgehead atoms. The molecule has 0 saturated carbocycles. The van der Waals surface area contributed by atoms with Crippen molar-refractivity contribution in [3.63, 3.8) is 0 Å². The molecular formula is C19H28N2O4. The van der Waals surface area contributed by atoms with Gasteiger partial charge in [-0.15, -0.1) is 0 Å². The first-order valence-electron chi connectivity index (χ1n) is 8.78. The summed E-state index contributed by atoms with van der Waals surface area (Å²) in [4.78, 5) is 26.8. The number of nitrogens with zero attached hydrogens (tertiary/aromatic N) is 1. The van der Waals surface area contributed by atoms with Crippen molar-refractivity contribution < 1.29 is 19.1 Å². The smallest absolute Gasteiger partial charge is 0.340 e. The molecule has 6 nitrogen and oxygen atoms in total. The predicted molar refractivity (Wildman–Crippen MR) is 98.1 cm³/mol. The number of benzene rings is 1. The Balaban J connectivity index is 2.29. The number of rotatable bonds is 5. The largest absolute Gasteiger partial charge is 0.462 e. The van der Waals surface area contributed by atoms with Gasteiger partial charge in [0.1, 0.15) is 0 Å². The molecule has 1 amide bonds. The number of nitrogens with one attached hydrogen (secondary N) is 1. The minimum atomic E-state index is -0.508. The van der Waals surface area contributed by atoms with Gasteiger partial charge < -0.3 is 19.7 Å². The van der Waals surface area contributed by atoms with E-state index in [9.17, 15) is 9.59 Å². The maximum atomic E-state index is 12.5. The lowest BCUT2D eigenvalue weighted by Crippen LogP contribution is -2.37. The van der Waals surface area contributed by atoms with E-state index in [1.807, 2.05) is 39.8 Å². The second kappa shape index (κ2) is 8.34. The molecule has 138 valence electrons. The van der Waals surface area contributed by atoms with Crippen LogP contribution in [-0.4, -0.2) is 44.8 Å². The average molecular weight is 348 g/mol. The monoisotopic (exact) mass is 348 g/mol. The lowest BCUT2D eigenvalue weighted by molar-refractivity contribution is -0.123. The summed E-state index contributed by atoms with van der Waals surface area (Å²) in [6.07, 6.45) is 0.763. The molecule has 1 fully saturated rings. The summed E-state index contributed by atoms with van der Waals surface area (Å²) in [5, 5.41) is 2.87. The first-order chi connectivity index (χ1) is 11.8. The number of anilines is 2. The van der Waals surface area contributed by atoms with Gasteiger partial charge in [-0.1, -0.05) is 27.7 Å². The van der Waals surface area contributed by atoms with Crippen LogP contribution >= 0.6 is 0 Å². The fourth-order valence-electron chi connectivity index (χ4n) is 2.45. The van der Waals surface area contributed by atoms with Crippen LogP contribution in [0.1, 0.15) is 44.5 Å². The van der Waals surface area contributed by atoms with Crippen molar-refractivity contribution in [2.24, 2.45) is 5.41 Å². The summed E-state index contributed by atoms with van der Waals surface area (Å²) >= 11 is 0. The van der Waals surface area contributed by atoms with Gasteiger partial charge in [-0.3, -0.25) is 4.79 Å². The summed E-state index contributed by atoms with van der Waals surface area (Å²) in [7, 11) is 0. The van der Waals surface area contributed by atoms with E-state index in [1.165, 1.54) is 0 Å². The molecule has 1 aliphatic rings. The van der Waals surface area contributed by atoms with Crippen molar-refractivity contribution in [3.05, 3.63) is 23.8 Å². The van der Waals surface area contributed by atoms with E-state index in [0.29, 0.717) is 31.1 Å². The Bertz CT molecular complexity index is 616. The van der Waals surface area contributed by atoms with Crippen molar-refractivity contribution in [2.75, 3.05) is 43.1 Å². The lowest BCUT2D eigenvalue weighted by atomic mass is 9.95. The first-order valence-corrected chi connectivity index (χ1v) is 8.78. The zero-order valence-electron chi connectivity index (χ0n) is 15.6. The zero-order valence-corrected chi connectivity index (χ0v) is 15.6. The van der Waals surface area contributed by atoms with Crippen LogP contribution in [0.5, 0.6) is 0 Å². The normalized spacial score (nSPS) is 15.0. The van der Waals surface area contributed by atoms with Crippen molar-refractivity contribution in [3.8, 4) is 0 Å². The van der Waals surface area contributed by atoms with Gasteiger partial charge in [0, 0.05) is 24.2 Å². The van der Waals surface area contributed by atoms with E-state index >= 15 is 0 Å². The molecule has 0 radical (unpaired) electrons. The second-order valence-corrected chi connectivity index (χ2v) is 7.17. The minimum Gasteiger partial charge on any atom is -0.462 e. The van der Waals surface area contributed by atoms with Crippen LogP contribution in [0.25, 0.3) is 0 Å². The highest BCUT2D eigenvalue weighted by Gasteiger charge is 2.24. The fourth-order valence-corrected chi connectivity index (χ4v) is 2.45. The third kappa shape index (κ3) is 5.19. The van der Waals surface area contributed by atoms with Crippen LogP contribution in [0.2, 0.25) is 0 Å². The van der Waals surface area contributed by atoms with Crippen molar-refractivity contribution in [1.82, 2.24) is 0 Å². The van der Waals surface area contributed by atoms with Gasteiger partial charge in [0.25, 0.3) is 0 Å². The molecule has 1 aromatic carbocycles. The molecule has 1 aliphatic heterocycles. The van der Waals surface area contributed by atoms with E-state index in [-0.39, 0.29) is 11.9 Å². The minimum absolute atomic E-state index is 0.0977. The zero-order chi connectivity index (χ0) is 18.4. The molecule has 2 rings (SSSR count). The van der Waals surface area contributed by atoms with Crippen molar-refractivity contribution in [1.29, 1.82) is 0 Å². The molecule has 1 heterocycles. The van der Waals surface area contributed by atoms with Gasteiger partial charge in [-0.25, -0.2) is 4.79 Å². The lowest BCUT2D eigenvalue weighted by Gasteiger charge is -2.30.